The average molecular weight is 224 g/mol. The first-order valence-electron chi connectivity index (χ1n) is 5.25. The number of nitrogens with one attached hydrogen (secondary N) is 1. The molecule has 5 nitrogen and oxygen atoms in total. The van der Waals surface area contributed by atoms with E-state index in [1.54, 1.807) is 13.8 Å². The molecule has 0 saturated carbocycles. The Bertz CT molecular complexity index is 449. The average Bonchev–Trinajstić information content (AvgIpc) is 2.20. The number of esters is 1. The summed E-state index contributed by atoms with van der Waals surface area (Å²) in [5.41, 5.74) is 0.729. The molecule has 1 aromatic rings. The molecule has 88 valence electrons. The van der Waals surface area contributed by atoms with Crippen LogP contribution in [0.15, 0.2) is 4.79 Å². The molecule has 0 aliphatic carbocycles. The summed E-state index contributed by atoms with van der Waals surface area (Å²) in [4.78, 5) is 29.7. The predicted octanol–water partition coefficient (Wildman–Crippen LogP) is 1.38. The predicted molar refractivity (Wildman–Crippen MR) is 59.6 cm³/mol. The molecular formula is C11H16N2O3. The van der Waals surface area contributed by atoms with Crippen LogP contribution in [0.5, 0.6) is 0 Å². The van der Waals surface area contributed by atoms with Crippen molar-refractivity contribution < 1.29 is 9.53 Å². The van der Waals surface area contributed by atoms with E-state index in [9.17, 15) is 9.59 Å². The van der Waals surface area contributed by atoms with Crippen molar-refractivity contribution in [1.29, 1.82) is 0 Å². The van der Waals surface area contributed by atoms with Crippen molar-refractivity contribution in [3.8, 4) is 0 Å². The summed E-state index contributed by atoms with van der Waals surface area (Å²) in [7, 11) is 0. The molecule has 0 radical (unpaired) electrons. The zero-order valence-corrected chi connectivity index (χ0v) is 9.96. The molecule has 0 unspecified atom stereocenters. The van der Waals surface area contributed by atoms with Crippen molar-refractivity contribution in [2.24, 2.45) is 0 Å². The molecule has 1 heterocycles. The van der Waals surface area contributed by atoms with E-state index in [1.807, 2.05) is 13.8 Å². The summed E-state index contributed by atoms with van der Waals surface area (Å²) in [6.07, 6.45) is 0. The van der Waals surface area contributed by atoms with Gasteiger partial charge in [0.25, 0.3) is 5.56 Å². The molecule has 1 aromatic heterocycles. The van der Waals surface area contributed by atoms with Gasteiger partial charge in [-0.3, -0.25) is 4.79 Å². The second kappa shape index (κ2) is 4.92. The lowest BCUT2D eigenvalue weighted by Gasteiger charge is -2.08. The maximum Gasteiger partial charge on any atom is 0.356 e. The lowest BCUT2D eigenvalue weighted by molar-refractivity contribution is 0.0517. The Labute approximate surface area is 93.9 Å². The number of carbonyl (C=O) groups excluding carboxylic acids is 1. The smallest absolute Gasteiger partial charge is 0.356 e. The number of aromatic amines is 1. The molecule has 1 N–H and O–H groups in total. The van der Waals surface area contributed by atoms with Crippen LogP contribution < -0.4 is 5.56 Å². The third-order valence-electron chi connectivity index (χ3n) is 2.15. The van der Waals surface area contributed by atoms with E-state index in [2.05, 4.69) is 9.97 Å². The first kappa shape index (κ1) is 12.4. The Balaban J connectivity index is 3.21. The Morgan fingerprint density at radius 2 is 2.12 bits per heavy atom. The first-order valence-corrected chi connectivity index (χ1v) is 5.25. The van der Waals surface area contributed by atoms with Crippen molar-refractivity contribution in [2.45, 2.75) is 33.6 Å². The van der Waals surface area contributed by atoms with E-state index in [0.717, 1.165) is 0 Å². The summed E-state index contributed by atoms with van der Waals surface area (Å²) >= 11 is 0. The summed E-state index contributed by atoms with van der Waals surface area (Å²) in [6, 6.07) is 0. The van der Waals surface area contributed by atoms with Gasteiger partial charge in [-0.2, -0.15) is 0 Å². The maximum atomic E-state index is 11.6. The molecule has 0 aliphatic heterocycles. The number of H-pyrrole nitrogens is 1. The van der Waals surface area contributed by atoms with Gasteiger partial charge in [0.2, 0.25) is 0 Å². The number of aryl methyl sites for hydroxylation is 1. The molecule has 0 spiro atoms. The summed E-state index contributed by atoms with van der Waals surface area (Å²) < 4.78 is 4.82. The summed E-state index contributed by atoms with van der Waals surface area (Å²) in [5.74, 6) is -0.515. The molecule has 16 heavy (non-hydrogen) atoms. The van der Waals surface area contributed by atoms with Gasteiger partial charge in [-0.1, -0.05) is 13.8 Å². The Morgan fingerprint density at radius 3 is 2.62 bits per heavy atom. The van der Waals surface area contributed by atoms with Crippen LogP contribution in [0, 0.1) is 6.92 Å². The van der Waals surface area contributed by atoms with Gasteiger partial charge in [-0.25, -0.2) is 9.78 Å². The van der Waals surface area contributed by atoms with Crippen LogP contribution in [-0.2, 0) is 4.74 Å². The van der Waals surface area contributed by atoms with Crippen molar-refractivity contribution in [1.82, 2.24) is 9.97 Å². The van der Waals surface area contributed by atoms with Crippen LogP contribution in [0.1, 0.15) is 48.6 Å². The molecule has 5 heteroatoms. The zero-order chi connectivity index (χ0) is 12.3. The summed E-state index contributed by atoms with van der Waals surface area (Å²) in [6.45, 7) is 7.41. The van der Waals surface area contributed by atoms with Gasteiger partial charge in [0, 0.05) is 5.92 Å². The molecule has 0 fully saturated rings. The van der Waals surface area contributed by atoms with Crippen LogP contribution >= 0.6 is 0 Å². The van der Waals surface area contributed by atoms with Crippen LogP contribution in [0.25, 0.3) is 0 Å². The molecule has 0 bridgehead atoms. The van der Waals surface area contributed by atoms with Gasteiger partial charge in [-0.15, -0.1) is 0 Å². The lowest BCUT2D eigenvalue weighted by atomic mass is 10.1. The largest absolute Gasteiger partial charge is 0.461 e. The minimum atomic E-state index is -0.542. The molecule has 0 saturated heterocycles. The fourth-order valence-electron chi connectivity index (χ4n) is 1.35. The molecule has 0 atom stereocenters. The number of nitrogens with zero attached hydrogens (tertiary/aromatic N) is 1. The van der Waals surface area contributed by atoms with Gasteiger partial charge in [-0.05, 0) is 13.8 Å². The second-order valence-corrected chi connectivity index (χ2v) is 3.79. The van der Waals surface area contributed by atoms with Crippen LogP contribution in [-0.4, -0.2) is 22.5 Å². The highest BCUT2D eigenvalue weighted by Gasteiger charge is 2.16. The minimum absolute atomic E-state index is 0.0266. The number of carbonyl (C=O) groups is 1. The topological polar surface area (TPSA) is 72.1 Å². The molecule has 0 aliphatic rings. The van der Waals surface area contributed by atoms with Gasteiger partial charge in [0.05, 0.1) is 12.3 Å². The molecule has 0 aromatic carbocycles. The van der Waals surface area contributed by atoms with Gasteiger partial charge in [0.1, 0.15) is 11.4 Å². The number of hydrogen-bond acceptors (Lipinski definition) is 4. The Kier molecular flexibility index (Phi) is 3.82. The SMILES string of the molecule is CCOC(=O)c1[nH]c(=O)c(C(C)C)nc1C. The Hall–Kier alpha value is -1.65. The first-order chi connectivity index (χ1) is 7.47. The van der Waals surface area contributed by atoms with E-state index in [4.69, 9.17) is 4.74 Å². The number of ether oxygens (including phenoxy) is 1. The van der Waals surface area contributed by atoms with E-state index >= 15 is 0 Å². The van der Waals surface area contributed by atoms with Crippen LogP contribution in [0.4, 0.5) is 0 Å². The molecular weight excluding hydrogens is 208 g/mol. The lowest BCUT2D eigenvalue weighted by Crippen LogP contribution is -2.23. The fourth-order valence-corrected chi connectivity index (χ4v) is 1.35. The Morgan fingerprint density at radius 1 is 1.50 bits per heavy atom. The number of aromatic nitrogens is 2. The van der Waals surface area contributed by atoms with Gasteiger partial charge >= 0.3 is 5.97 Å². The highest BCUT2D eigenvalue weighted by molar-refractivity contribution is 5.88. The highest BCUT2D eigenvalue weighted by Crippen LogP contribution is 2.09. The van der Waals surface area contributed by atoms with E-state index < -0.39 is 5.97 Å². The minimum Gasteiger partial charge on any atom is -0.461 e. The van der Waals surface area contributed by atoms with Crippen molar-refractivity contribution in [3.63, 3.8) is 0 Å². The molecule has 1 rings (SSSR count). The van der Waals surface area contributed by atoms with E-state index in [0.29, 0.717) is 11.4 Å². The van der Waals surface area contributed by atoms with E-state index in [1.165, 1.54) is 0 Å². The number of rotatable bonds is 3. The van der Waals surface area contributed by atoms with Crippen molar-refractivity contribution in [2.75, 3.05) is 6.61 Å². The van der Waals surface area contributed by atoms with Crippen LogP contribution in [0.2, 0.25) is 0 Å². The van der Waals surface area contributed by atoms with Crippen molar-refractivity contribution in [3.05, 3.63) is 27.4 Å². The zero-order valence-electron chi connectivity index (χ0n) is 9.96. The van der Waals surface area contributed by atoms with Crippen molar-refractivity contribution >= 4 is 5.97 Å². The third kappa shape index (κ3) is 2.48. The number of hydrogen-bond donors (Lipinski definition) is 1. The normalized spacial score (nSPS) is 10.6. The fraction of sp³-hybridized carbons (Fsp3) is 0.545. The summed E-state index contributed by atoms with van der Waals surface area (Å²) in [5, 5.41) is 0. The van der Waals surface area contributed by atoms with Gasteiger partial charge in [0.15, 0.2) is 0 Å². The van der Waals surface area contributed by atoms with E-state index in [-0.39, 0.29) is 23.8 Å². The maximum absolute atomic E-state index is 11.6. The third-order valence-corrected chi connectivity index (χ3v) is 2.15. The standard InChI is InChI=1S/C11H16N2O3/c1-5-16-11(15)9-7(4)12-8(6(2)3)10(14)13-9/h6H,5H2,1-4H3,(H,13,14). The second-order valence-electron chi connectivity index (χ2n) is 3.79. The highest BCUT2D eigenvalue weighted by atomic mass is 16.5. The van der Waals surface area contributed by atoms with Crippen LogP contribution in [0.3, 0.4) is 0 Å². The monoisotopic (exact) mass is 224 g/mol. The quantitative estimate of drug-likeness (QED) is 0.787. The molecule has 0 amide bonds. The van der Waals surface area contributed by atoms with Gasteiger partial charge < -0.3 is 9.72 Å².